The summed E-state index contributed by atoms with van der Waals surface area (Å²) in [4.78, 5) is 15.1. The first-order valence-electron chi connectivity index (χ1n) is 20.5. The van der Waals surface area contributed by atoms with Crippen LogP contribution < -0.4 is 0 Å². The molecule has 0 aliphatic rings. The van der Waals surface area contributed by atoms with Crippen LogP contribution >= 0.6 is 0 Å². The van der Waals surface area contributed by atoms with Crippen LogP contribution in [0.3, 0.4) is 0 Å². The Morgan fingerprint density at radius 1 is 0.246 bits per heavy atom. The average Bonchev–Trinajstić information content (AvgIpc) is 3.73. The molecule has 9 aromatic carbocycles. The lowest BCUT2D eigenvalue weighted by molar-refractivity contribution is 0.669. The summed E-state index contributed by atoms with van der Waals surface area (Å²) in [6.07, 6.45) is 0. The molecule has 0 unspecified atom stereocenters. The molecule has 2 aromatic heterocycles. The first-order valence-corrected chi connectivity index (χ1v) is 20.5. The van der Waals surface area contributed by atoms with Crippen molar-refractivity contribution in [3.8, 4) is 89.8 Å². The molecule has 0 aliphatic heterocycles. The van der Waals surface area contributed by atoms with Gasteiger partial charge in [0.15, 0.2) is 17.5 Å². The van der Waals surface area contributed by atoms with Gasteiger partial charge in [-0.2, -0.15) is 0 Å². The smallest absolute Gasteiger partial charge is 0.164 e. The van der Waals surface area contributed by atoms with Crippen molar-refractivity contribution < 1.29 is 4.42 Å². The van der Waals surface area contributed by atoms with Crippen molar-refractivity contribution in [3.63, 3.8) is 0 Å². The third kappa shape index (κ3) is 7.07. The molecule has 0 amide bonds. The number of benzene rings is 9. The molecule has 0 saturated heterocycles. The van der Waals surface area contributed by atoms with Gasteiger partial charge in [0.1, 0.15) is 11.2 Å². The van der Waals surface area contributed by atoms with Gasteiger partial charge in [-0.3, -0.25) is 0 Å². The second-order valence-electron chi connectivity index (χ2n) is 15.2. The molecule has 4 nitrogen and oxygen atoms in total. The van der Waals surface area contributed by atoms with E-state index in [1.807, 2.05) is 42.5 Å². The number of nitrogens with zero attached hydrogens (tertiary/aromatic N) is 3. The van der Waals surface area contributed by atoms with Crippen LogP contribution in [0, 0.1) is 0 Å². The minimum absolute atomic E-state index is 0.578. The van der Waals surface area contributed by atoms with Crippen LogP contribution in [0.5, 0.6) is 0 Å². The summed E-state index contributed by atoms with van der Waals surface area (Å²) in [6, 6.07) is 78.3. The molecule has 11 aromatic rings. The fraction of sp³-hybridized carbons (Fsp3) is 0. The molecule has 0 aliphatic carbocycles. The van der Waals surface area contributed by atoms with Crippen LogP contribution in [0.25, 0.3) is 112 Å². The highest BCUT2D eigenvalue weighted by atomic mass is 16.3. The maximum atomic E-state index is 6.66. The van der Waals surface area contributed by atoms with Crippen LogP contribution in [-0.2, 0) is 0 Å². The second kappa shape index (κ2) is 15.5. The van der Waals surface area contributed by atoms with E-state index in [0.717, 1.165) is 72.0 Å². The molecule has 286 valence electrons. The summed E-state index contributed by atoms with van der Waals surface area (Å²) in [6.45, 7) is 0. The molecule has 11 rings (SSSR count). The van der Waals surface area contributed by atoms with Gasteiger partial charge >= 0.3 is 0 Å². The summed E-state index contributed by atoms with van der Waals surface area (Å²) in [5.41, 5.74) is 15.8. The number of fused-ring (bicyclic) bond motifs is 3. The Hall–Kier alpha value is -8.21. The Morgan fingerprint density at radius 3 is 1.21 bits per heavy atom. The number of hydrogen-bond donors (Lipinski definition) is 0. The molecule has 0 radical (unpaired) electrons. The first kappa shape index (κ1) is 35.9. The van der Waals surface area contributed by atoms with Crippen molar-refractivity contribution in [1.82, 2.24) is 15.0 Å². The lowest BCUT2D eigenvalue weighted by atomic mass is 9.91. The third-order valence-electron chi connectivity index (χ3n) is 11.3. The summed E-state index contributed by atoms with van der Waals surface area (Å²) in [5.74, 6) is 1.79. The number of hydrogen-bond acceptors (Lipinski definition) is 4. The highest BCUT2D eigenvalue weighted by Gasteiger charge is 2.18. The predicted molar refractivity (Wildman–Crippen MR) is 251 cm³/mol. The third-order valence-corrected chi connectivity index (χ3v) is 11.3. The van der Waals surface area contributed by atoms with Gasteiger partial charge in [0, 0.05) is 27.5 Å². The maximum absolute atomic E-state index is 6.66. The minimum Gasteiger partial charge on any atom is -0.456 e. The highest BCUT2D eigenvalue weighted by Crippen LogP contribution is 2.41. The van der Waals surface area contributed by atoms with E-state index in [1.165, 1.54) is 22.3 Å². The van der Waals surface area contributed by atoms with Gasteiger partial charge in [-0.25, -0.2) is 15.0 Å². The SMILES string of the molecule is c1ccc(-c2cccc(-c3ccc(-c4nc(-c5ccccc5)nc(-c5ccc6c(c5)oc5cccc(-c7cc(-c8ccccc8)cc(-c8ccccc8)c7)c56)n4)cc3)c2)cc1. The van der Waals surface area contributed by atoms with E-state index in [1.54, 1.807) is 0 Å². The van der Waals surface area contributed by atoms with Crippen molar-refractivity contribution in [2.75, 3.05) is 0 Å². The molecule has 0 spiro atoms. The van der Waals surface area contributed by atoms with Crippen LogP contribution in [0.4, 0.5) is 0 Å². The van der Waals surface area contributed by atoms with E-state index >= 15 is 0 Å². The van der Waals surface area contributed by atoms with E-state index in [-0.39, 0.29) is 0 Å². The van der Waals surface area contributed by atoms with E-state index in [9.17, 15) is 0 Å². The van der Waals surface area contributed by atoms with Crippen molar-refractivity contribution in [2.45, 2.75) is 0 Å². The van der Waals surface area contributed by atoms with Gasteiger partial charge in [-0.05, 0) is 98.1 Å². The monoisotopic (exact) mass is 779 g/mol. The van der Waals surface area contributed by atoms with Crippen LogP contribution in [0.2, 0.25) is 0 Å². The molecule has 0 bridgehead atoms. The number of aromatic nitrogens is 3. The molecule has 2 heterocycles. The number of rotatable bonds is 8. The zero-order valence-electron chi connectivity index (χ0n) is 33.1. The molecular formula is C57H37N3O. The molecule has 0 saturated carbocycles. The zero-order valence-corrected chi connectivity index (χ0v) is 33.1. The second-order valence-corrected chi connectivity index (χ2v) is 15.2. The van der Waals surface area contributed by atoms with Gasteiger partial charge in [0.05, 0.1) is 0 Å². The van der Waals surface area contributed by atoms with Crippen LogP contribution in [0.15, 0.2) is 229 Å². The first-order chi connectivity index (χ1) is 30.2. The molecule has 4 heteroatoms. The lowest BCUT2D eigenvalue weighted by Gasteiger charge is -2.12. The highest BCUT2D eigenvalue weighted by molar-refractivity contribution is 6.13. The normalized spacial score (nSPS) is 11.3. The Balaban J connectivity index is 0.996. The Morgan fingerprint density at radius 2 is 0.639 bits per heavy atom. The maximum Gasteiger partial charge on any atom is 0.164 e. The Labute approximate surface area is 354 Å². The van der Waals surface area contributed by atoms with Gasteiger partial charge in [0.25, 0.3) is 0 Å². The van der Waals surface area contributed by atoms with E-state index in [2.05, 4.69) is 182 Å². The number of furan rings is 1. The van der Waals surface area contributed by atoms with E-state index < -0.39 is 0 Å². The quantitative estimate of drug-likeness (QED) is 0.154. The summed E-state index contributed by atoms with van der Waals surface area (Å²) >= 11 is 0. The van der Waals surface area contributed by atoms with Crippen LogP contribution in [-0.4, -0.2) is 15.0 Å². The largest absolute Gasteiger partial charge is 0.456 e. The minimum atomic E-state index is 0.578. The van der Waals surface area contributed by atoms with Crippen molar-refractivity contribution >= 4 is 21.9 Å². The lowest BCUT2D eigenvalue weighted by Crippen LogP contribution is -2.00. The van der Waals surface area contributed by atoms with Gasteiger partial charge in [-0.1, -0.05) is 182 Å². The fourth-order valence-corrected chi connectivity index (χ4v) is 8.25. The van der Waals surface area contributed by atoms with E-state index in [4.69, 9.17) is 19.4 Å². The molecule has 0 atom stereocenters. The van der Waals surface area contributed by atoms with Gasteiger partial charge in [0.2, 0.25) is 0 Å². The Kier molecular flexibility index (Phi) is 9.14. The van der Waals surface area contributed by atoms with Crippen LogP contribution in [0.1, 0.15) is 0 Å². The fourth-order valence-electron chi connectivity index (χ4n) is 8.25. The van der Waals surface area contributed by atoms with Crippen molar-refractivity contribution in [3.05, 3.63) is 224 Å². The zero-order chi connectivity index (χ0) is 40.5. The topological polar surface area (TPSA) is 51.8 Å². The standard InChI is InChI=1S/C57H37N3O/c1-5-15-38(16-6-1)44-23-13-24-45(33-44)41-27-29-43(30-28-41)56-58-55(42-21-11-4-12-22-42)59-57(60-56)46-31-32-51-53(37-46)61-52-26-14-25-50(54(51)52)49-35-47(39-17-7-2-8-18-39)34-48(36-49)40-19-9-3-10-20-40/h1-37H. The molecule has 61 heavy (non-hydrogen) atoms. The molecular weight excluding hydrogens is 743 g/mol. The summed E-state index contributed by atoms with van der Waals surface area (Å²) in [5, 5.41) is 2.11. The predicted octanol–water partition coefficient (Wildman–Crippen LogP) is 15.1. The molecule has 0 N–H and O–H groups in total. The summed E-state index contributed by atoms with van der Waals surface area (Å²) in [7, 11) is 0. The van der Waals surface area contributed by atoms with Gasteiger partial charge in [-0.15, -0.1) is 0 Å². The van der Waals surface area contributed by atoms with E-state index in [0.29, 0.717) is 17.5 Å². The average molecular weight is 780 g/mol. The Bertz CT molecular complexity index is 3270. The summed E-state index contributed by atoms with van der Waals surface area (Å²) < 4.78 is 6.66. The van der Waals surface area contributed by atoms with Crippen molar-refractivity contribution in [2.24, 2.45) is 0 Å². The molecule has 0 fully saturated rings. The van der Waals surface area contributed by atoms with Gasteiger partial charge < -0.3 is 4.42 Å². The van der Waals surface area contributed by atoms with Crippen molar-refractivity contribution in [1.29, 1.82) is 0 Å².